The molecule has 4 aliphatic carbocycles. The minimum atomic E-state index is -0.657. The standard InChI is InChI=1S/C27H46O2/c1-18(2)7-6-8-19(3)22-9-10-23-21-12-16-27(29)17-20(28)11-15-26(27,5)24(21)13-14-25(22,23)4/h18-20,22,24,28-29H,6-17H2,1-5H3/t19-,20?,22-,24+,25-,26-,27?/m1/s1. The summed E-state index contributed by atoms with van der Waals surface area (Å²) in [7, 11) is 0. The highest BCUT2D eigenvalue weighted by Gasteiger charge is 2.61. The summed E-state index contributed by atoms with van der Waals surface area (Å²) < 4.78 is 0. The molecule has 0 heterocycles. The van der Waals surface area contributed by atoms with E-state index in [2.05, 4.69) is 34.6 Å². The molecule has 3 saturated carbocycles. The predicted octanol–water partition coefficient (Wildman–Crippen LogP) is 6.65. The van der Waals surface area contributed by atoms with Crippen molar-refractivity contribution in [3.63, 3.8) is 0 Å². The Labute approximate surface area is 179 Å². The first-order valence-corrected chi connectivity index (χ1v) is 12.7. The Kier molecular flexibility index (Phi) is 5.78. The van der Waals surface area contributed by atoms with Crippen molar-refractivity contribution >= 4 is 0 Å². The molecular formula is C27H46O2. The summed E-state index contributed by atoms with van der Waals surface area (Å²) in [6.07, 6.45) is 13.5. The molecule has 2 unspecified atom stereocenters. The molecule has 0 spiro atoms. The number of aliphatic hydroxyl groups excluding tert-OH is 1. The number of aliphatic hydroxyl groups is 2. The van der Waals surface area contributed by atoms with Crippen molar-refractivity contribution in [3.05, 3.63) is 11.1 Å². The minimum absolute atomic E-state index is 0.0326. The van der Waals surface area contributed by atoms with Gasteiger partial charge in [-0.05, 0) is 80.5 Å². The quantitative estimate of drug-likeness (QED) is 0.506. The third kappa shape index (κ3) is 3.45. The maximum atomic E-state index is 11.6. The van der Waals surface area contributed by atoms with E-state index in [-0.39, 0.29) is 11.5 Å². The van der Waals surface area contributed by atoms with Crippen molar-refractivity contribution < 1.29 is 10.2 Å². The molecule has 7 atom stereocenters. The average molecular weight is 403 g/mol. The SMILES string of the molecule is CC(C)CCC[C@@H](C)[C@H]1CCC2=C3CCC4(O)CC(O)CC[C@]4(C)[C@H]3CC[C@@]21C. The van der Waals surface area contributed by atoms with Gasteiger partial charge in [-0.1, -0.05) is 65.0 Å². The first-order chi connectivity index (χ1) is 13.6. The van der Waals surface area contributed by atoms with Gasteiger partial charge < -0.3 is 10.2 Å². The van der Waals surface area contributed by atoms with E-state index >= 15 is 0 Å². The third-order valence-corrected chi connectivity index (χ3v) is 10.3. The second-order valence-electron chi connectivity index (χ2n) is 12.3. The highest BCUT2D eigenvalue weighted by atomic mass is 16.3. The van der Waals surface area contributed by atoms with Gasteiger partial charge in [-0.3, -0.25) is 0 Å². The van der Waals surface area contributed by atoms with Crippen LogP contribution in [-0.4, -0.2) is 21.9 Å². The zero-order chi connectivity index (χ0) is 21.0. The first-order valence-electron chi connectivity index (χ1n) is 12.7. The Morgan fingerprint density at radius 1 is 0.966 bits per heavy atom. The van der Waals surface area contributed by atoms with Crippen LogP contribution in [0.2, 0.25) is 0 Å². The summed E-state index contributed by atoms with van der Waals surface area (Å²) in [4.78, 5) is 0. The van der Waals surface area contributed by atoms with Crippen LogP contribution in [0.3, 0.4) is 0 Å². The van der Waals surface area contributed by atoms with Gasteiger partial charge in [0.1, 0.15) is 0 Å². The van der Waals surface area contributed by atoms with E-state index in [0.29, 0.717) is 17.8 Å². The summed E-state index contributed by atoms with van der Waals surface area (Å²) >= 11 is 0. The number of allylic oxidation sites excluding steroid dienone is 2. The molecule has 166 valence electrons. The normalized spacial score (nSPS) is 45.7. The smallest absolute Gasteiger partial charge is 0.0734 e. The van der Waals surface area contributed by atoms with Crippen LogP contribution in [0.1, 0.15) is 112 Å². The van der Waals surface area contributed by atoms with Crippen LogP contribution in [0.25, 0.3) is 0 Å². The van der Waals surface area contributed by atoms with Crippen molar-refractivity contribution in [2.45, 2.75) is 123 Å². The number of hydrogen-bond acceptors (Lipinski definition) is 2. The monoisotopic (exact) mass is 402 g/mol. The minimum Gasteiger partial charge on any atom is -0.393 e. The van der Waals surface area contributed by atoms with Crippen LogP contribution in [0, 0.1) is 34.5 Å². The van der Waals surface area contributed by atoms with Gasteiger partial charge in [-0.2, -0.15) is 0 Å². The van der Waals surface area contributed by atoms with E-state index in [9.17, 15) is 10.2 Å². The van der Waals surface area contributed by atoms with E-state index in [4.69, 9.17) is 0 Å². The summed E-state index contributed by atoms with van der Waals surface area (Å²) in [6.45, 7) is 12.2. The highest BCUT2D eigenvalue weighted by Crippen LogP contribution is 2.66. The Hall–Kier alpha value is -0.340. The lowest BCUT2D eigenvalue weighted by Crippen LogP contribution is -2.59. The van der Waals surface area contributed by atoms with E-state index < -0.39 is 5.60 Å². The lowest BCUT2D eigenvalue weighted by molar-refractivity contribution is -0.175. The maximum Gasteiger partial charge on any atom is 0.0734 e. The largest absolute Gasteiger partial charge is 0.393 e. The Bertz CT molecular complexity index is 651. The summed E-state index contributed by atoms with van der Waals surface area (Å²) in [5.74, 6) is 3.05. The Morgan fingerprint density at radius 3 is 2.45 bits per heavy atom. The zero-order valence-electron chi connectivity index (χ0n) is 19.8. The first kappa shape index (κ1) is 21.9. The van der Waals surface area contributed by atoms with Crippen LogP contribution in [-0.2, 0) is 0 Å². The molecule has 0 aromatic rings. The lowest BCUT2D eigenvalue weighted by Gasteiger charge is -2.60. The fourth-order valence-electron chi connectivity index (χ4n) is 8.46. The van der Waals surface area contributed by atoms with Crippen molar-refractivity contribution in [2.24, 2.45) is 34.5 Å². The molecule has 29 heavy (non-hydrogen) atoms. The summed E-state index contributed by atoms with van der Waals surface area (Å²) in [6, 6.07) is 0. The van der Waals surface area contributed by atoms with Gasteiger partial charge in [0, 0.05) is 11.8 Å². The van der Waals surface area contributed by atoms with Crippen LogP contribution in [0.4, 0.5) is 0 Å². The second kappa shape index (κ2) is 7.66. The number of hydrogen-bond donors (Lipinski definition) is 2. The van der Waals surface area contributed by atoms with Crippen LogP contribution in [0.5, 0.6) is 0 Å². The fourth-order valence-corrected chi connectivity index (χ4v) is 8.46. The predicted molar refractivity (Wildman–Crippen MR) is 121 cm³/mol. The molecule has 0 aromatic carbocycles. The summed E-state index contributed by atoms with van der Waals surface area (Å²) in [5, 5.41) is 21.8. The molecule has 0 radical (unpaired) electrons. The van der Waals surface area contributed by atoms with Gasteiger partial charge in [0.2, 0.25) is 0 Å². The lowest BCUT2D eigenvalue weighted by atomic mass is 9.47. The van der Waals surface area contributed by atoms with Gasteiger partial charge in [0.15, 0.2) is 0 Å². The molecule has 4 aliphatic rings. The Morgan fingerprint density at radius 2 is 1.72 bits per heavy atom. The van der Waals surface area contributed by atoms with Crippen LogP contribution >= 0.6 is 0 Å². The highest BCUT2D eigenvalue weighted by molar-refractivity contribution is 5.36. The third-order valence-electron chi connectivity index (χ3n) is 10.3. The maximum absolute atomic E-state index is 11.6. The molecule has 0 bridgehead atoms. The van der Waals surface area contributed by atoms with Gasteiger partial charge in [-0.25, -0.2) is 0 Å². The fraction of sp³-hybridized carbons (Fsp3) is 0.926. The molecule has 2 nitrogen and oxygen atoms in total. The molecular weight excluding hydrogens is 356 g/mol. The van der Waals surface area contributed by atoms with E-state index in [1.165, 1.54) is 44.9 Å². The topological polar surface area (TPSA) is 40.5 Å². The molecule has 0 saturated heterocycles. The molecule has 4 rings (SSSR count). The number of rotatable bonds is 5. The molecule has 0 amide bonds. The van der Waals surface area contributed by atoms with Crippen LogP contribution < -0.4 is 0 Å². The van der Waals surface area contributed by atoms with Crippen molar-refractivity contribution in [2.75, 3.05) is 0 Å². The Balaban J connectivity index is 1.57. The second-order valence-corrected chi connectivity index (χ2v) is 12.3. The van der Waals surface area contributed by atoms with Crippen LogP contribution in [0.15, 0.2) is 11.1 Å². The zero-order valence-corrected chi connectivity index (χ0v) is 19.8. The van der Waals surface area contributed by atoms with Crippen molar-refractivity contribution in [3.8, 4) is 0 Å². The van der Waals surface area contributed by atoms with E-state index in [1.807, 2.05) is 5.57 Å². The van der Waals surface area contributed by atoms with E-state index in [1.54, 1.807) is 5.57 Å². The molecule has 0 aliphatic heterocycles. The van der Waals surface area contributed by atoms with Crippen molar-refractivity contribution in [1.29, 1.82) is 0 Å². The van der Waals surface area contributed by atoms with Gasteiger partial charge in [-0.15, -0.1) is 0 Å². The molecule has 3 fully saturated rings. The molecule has 0 aromatic heterocycles. The molecule has 2 heteroatoms. The van der Waals surface area contributed by atoms with Gasteiger partial charge >= 0.3 is 0 Å². The van der Waals surface area contributed by atoms with Gasteiger partial charge in [0.05, 0.1) is 11.7 Å². The van der Waals surface area contributed by atoms with Gasteiger partial charge in [0.25, 0.3) is 0 Å². The molecule has 2 N–H and O–H groups in total. The van der Waals surface area contributed by atoms with E-state index in [0.717, 1.165) is 43.4 Å². The average Bonchev–Trinajstić information content (AvgIpc) is 2.99. The number of fused-ring (bicyclic) bond motifs is 4. The van der Waals surface area contributed by atoms with Crippen molar-refractivity contribution in [1.82, 2.24) is 0 Å². The summed E-state index contributed by atoms with van der Waals surface area (Å²) in [5.41, 5.74) is 3.27.